The number of nitrogens with one attached hydrogen (secondary N) is 1. The quantitative estimate of drug-likeness (QED) is 0.837. The van der Waals surface area contributed by atoms with Crippen LogP contribution in [0.5, 0.6) is 0 Å². The number of benzene rings is 1. The zero-order valence-corrected chi connectivity index (χ0v) is 15.5. The Labute approximate surface area is 146 Å². The van der Waals surface area contributed by atoms with Crippen LogP contribution in [0.2, 0.25) is 0 Å². The summed E-state index contributed by atoms with van der Waals surface area (Å²) in [5.74, 6) is 1.21. The van der Waals surface area contributed by atoms with Crippen molar-refractivity contribution in [1.82, 2.24) is 4.90 Å². The van der Waals surface area contributed by atoms with Gasteiger partial charge in [0.05, 0.1) is 6.54 Å². The Bertz CT molecular complexity index is 520. The van der Waals surface area contributed by atoms with E-state index in [0.29, 0.717) is 24.3 Å². The number of para-hydroxylation sites is 1. The molecule has 0 radical (unpaired) electrons. The first-order chi connectivity index (χ1) is 11.4. The first-order valence-corrected chi connectivity index (χ1v) is 9.18. The zero-order chi connectivity index (χ0) is 17.7. The molecule has 1 amide bonds. The number of carbonyl (C=O) groups excluding carboxylic acids is 1. The lowest BCUT2D eigenvalue weighted by Gasteiger charge is -2.30. The van der Waals surface area contributed by atoms with Crippen LogP contribution in [0, 0.1) is 5.92 Å². The van der Waals surface area contributed by atoms with E-state index < -0.39 is 0 Å². The highest BCUT2D eigenvalue weighted by Crippen LogP contribution is 2.32. The van der Waals surface area contributed by atoms with Crippen molar-refractivity contribution in [2.24, 2.45) is 5.92 Å². The lowest BCUT2D eigenvalue weighted by atomic mass is 9.92. The van der Waals surface area contributed by atoms with E-state index in [1.807, 2.05) is 0 Å². The molecular weight excluding hydrogens is 300 g/mol. The number of aliphatic hydroxyl groups is 1. The Hall–Kier alpha value is -1.39. The van der Waals surface area contributed by atoms with Gasteiger partial charge in [0.2, 0.25) is 5.91 Å². The van der Waals surface area contributed by atoms with Crippen LogP contribution < -0.4 is 5.32 Å². The SMILES string of the molecule is CC(C)c1cccc(C(C)C)c1NC(=O)CN1CCC(CO)CC1. The van der Waals surface area contributed by atoms with Gasteiger partial charge in [0.25, 0.3) is 0 Å². The van der Waals surface area contributed by atoms with Crippen molar-refractivity contribution >= 4 is 11.6 Å². The van der Waals surface area contributed by atoms with Crippen LogP contribution >= 0.6 is 0 Å². The molecule has 4 nitrogen and oxygen atoms in total. The minimum absolute atomic E-state index is 0.0625. The number of rotatable bonds is 6. The molecule has 0 aliphatic carbocycles. The minimum atomic E-state index is 0.0625. The summed E-state index contributed by atoms with van der Waals surface area (Å²) in [6.07, 6.45) is 1.95. The summed E-state index contributed by atoms with van der Waals surface area (Å²) in [6.45, 7) is 11.1. The number of anilines is 1. The van der Waals surface area contributed by atoms with Gasteiger partial charge in [-0.2, -0.15) is 0 Å². The third-order valence-electron chi connectivity index (χ3n) is 4.97. The summed E-state index contributed by atoms with van der Waals surface area (Å²) in [4.78, 5) is 14.8. The Balaban J connectivity index is 2.06. The number of piperidine rings is 1. The van der Waals surface area contributed by atoms with Crippen LogP contribution in [-0.4, -0.2) is 42.2 Å². The second-order valence-corrected chi connectivity index (χ2v) is 7.57. The van der Waals surface area contributed by atoms with Crippen molar-refractivity contribution in [2.75, 3.05) is 31.6 Å². The molecule has 1 aromatic carbocycles. The van der Waals surface area contributed by atoms with Crippen molar-refractivity contribution < 1.29 is 9.90 Å². The van der Waals surface area contributed by atoms with E-state index in [0.717, 1.165) is 31.6 Å². The summed E-state index contributed by atoms with van der Waals surface area (Å²) < 4.78 is 0. The number of carbonyl (C=O) groups is 1. The van der Waals surface area contributed by atoms with Crippen LogP contribution in [-0.2, 0) is 4.79 Å². The van der Waals surface area contributed by atoms with Gasteiger partial charge in [-0.15, -0.1) is 0 Å². The topological polar surface area (TPSA) is 52.6 Å². The maximum absolute atomic E-state index is 12.6. The molecule has 1 aromatic rings. The molecule has 1 heterocycles. The Morgan fingerprint density at radius 1 is 1.17 bits per heavy atom. The molecule has 24 heavy (non-hydrogen) atoms. The highest BCUT2D eigenvalue weighted by Gasteiger charge is 2.21. The van der Waals surface area contributed by atoms with E-state index in [1.54, 1.807) is 0 Å². The van der Waals surface area contributed by atoms with Crippen LogP contribution in [0.3, 0.4) is 0 Å². The van der Waals surface area contributed by atoms with Gasteiger partial charge in [-0.3, -0.25) is 9.69 Å². The number of hydrogen-bond donors (Lipinski definition) is 2. The number of nitrogens with zero attached hydrogens (tertiary/aromatic N) is 1. The van der Waals surface area contributed by atoms with Gasteiger partial charge in [-0.25, -0.2) is 0 Å². The number of likely N-dealkylation sites (tertiary alicyclic amines) is 1. The van der Waals surface area contributed by atoms with Gasteiger partial charge in [0.15, 0.2) is 0 Å². The molecule has 0 saturated carbocycles. The van der Waals surface area contributed by atoms with Crippen molar-refractivity contribution in [1.29, 1.82) is 0 Å². The third kappa shape index (κ3) is 4.81. The van der Waals surface area contributed by atoms with Crippen molar-refractivity contribution in [3.63, 3.8) is 0 Å². The maximum atomic E-state index is 12.6. The number of amides is 1. The molecular formula is C20H32N2O2. The molecule has 4 heteroatoms. The second-order valence-electron chi connectivity index (χ2n) is 7.57. The monoisotopic (exact) mass is 332 g/mol. The average molecular weight is 332 g/mol. The summed E-state index contributed by atoms with van der Waals surface area (Å²) >= 11 is 0. The van der Waals surface area contributed by atoms with E-state index in [4.69, 9.17) is 0 Å². The number of hydrogen-bond acceptors (Lipinski definition) is 3. The zero-order valence-electron chi connectivity index (χ0n) is 15.5. The Morgan fingerprint density at radius 3 is 2.17 bits per heavy atom. The van der Waals surface area contributed by atoms with Crippen LogP contribution in [0.4, 0.5) is 5.69 Å². The van der Waals surface area contributed by atoms with Gasteiger partial charge in [0, 0.05) is 12.3 Å². The molecule has 0 spiro atoms. The van der Waals surface area contributed by atoms with Gasteiger partial charge >= 0.3 is 0 Å². The highest BCUT2D eigenvalue weighted by atomic mass is 16.3. The average Bonchev–Trinajstić information content (AvgIpc) is 2.55. The maximum Gasteiger partial charge on any atom is 0.238 e. The van der Waals surface area contributed by atoms with Gasteiger partial charge in [0.1, 0.15) is 0 Å². The molecule has 0 atom stereocenters. The van der Waals surface area contributed by atoms with E-state index in [1.165, 1.54) is 11.1 Å². The van der Waals surface area contributed by atoms with Gasteiger partial charge in [-0.1, -0.05) is 45.9 Å². The smallest absolute Gasteiger partial charge is 0.238 e. The van der Waals surface area contributed by atoms with Crippen molar-refractivity contribution in [3.8, 4) is 0 Å². The van der Waals surface area contributed by atoms with Crippen molar-refractivity contribution in [3.05, 3.63) is 29.3 Å². The molecule has 134 valence electrons. The molecule has 1 aliphatic heterocycles. The van der Waals surface area contributed by atoms with Gasteiger partial charge in [-0.05, 0) is 54.8 Å². The summed E-state index contributed by atoms with van der Waals surface area (Å²) in [5.41, 5.74) is 3.40. The Kier molecular flexibility index (Phi) is 6.81. The van der Waals surface area contributed by atoms with E-state index in [9.17, 15) is 9.90 Å². The standard InChI is InChI=1S/C20H32N2O2/c1-14(2)17-6-5-7-18(15(3)4)20(17)21-19(24)12-22-10-8-16(13-23)9-11-22/h5-7,14-16,23H,8-13H2,1-4H3,(H,21,24). The summed E-state index contributed by atoms with van der Waals surface area (Å²) in [7, 11) is 0. The molecule has 1 fully saturated rings. The normalized spacial score (nSPS) is 16.8. The fourth-order valence-corrected chi connectivity index (χ4v) is 3.40. The van der Waals surface area contributed by atoms with E-state index >= 15 is 0 Å². The first kappa shape index (κ1) is 18.9. The summed E-state index contributed by atoms with van der Waals surface area (Å²) in [5, 5.41) is 12.4. The van der Waals surface area contributed by atoms with E-state index in [-0.39, 0.29) is 12.5 Å². The van der Waals surface area contributed by atoms with E-state index in [2.05, 4.69) is 56.1 Å². The van der Waals surface area contributed by atoms with Crippen LogP contribution in [0.25, 0.3) is 0 Å². The van der Waals surface area contributed by atoms with Gasteiger partial charge < -0.3 is 10.4 Å². The third-order valence-corrected chi connectivity index (χ3v) is 4.97. The first-order valence-electron chi connectivity index (χ1n) is 9.18. The molecule has 2 N–H and O–H groups in total. The predicted molar refractivity (Wildman–Crippen MR) is 99.5 cm³/mol. The molecule has 0 bridgehead atoms. The van der Waals surface area contributed by atoms with Crippen LogP contribution in [0.15, 0.2) is 18.2 Å². The lowest BCUT2D eigenvalue weighted by molar-refractivity contribution is -0.117. The molecule has 0 aromatic heterocycles. The lowest BCUT2D eigenvalue weighted by Crippen LogP contribution is -2.40. The minimum Gasteiger partial charge on any atom is -0.396 e. The predicted octanol–water partition coefficient (Wildman–Crippen LogP) is 3.58. The van der Waals surface area contributed by atoms with Crippen molar-refractivity contribution in [2.45, 2.75) is 52.4 Å². The fraction of sp³-hybridized carbons (Fsp3) is 0.650. The van der Waals surface area contributed by atoms with Crippen LogP contribution in [0.1, 0.15) is 63.5 Å². The second kappa shape index (κ2) is 8.63. The highest BCUT2D eigenvalue weighted by molar-refractivity contribution is 5.94. The number of aliphatic hydroxyl groups excluding tert-OH is 1. The molecule has 1 saturated heterocycles. The Morgan fingerprint density at radius 2 is 1.71 bits per heavy atom. The molecule has 0 unspecified atom stereocenters. The fourth-order valence-electron chi connectivity index (χ4n) is 3.40. The molecule has 1 aliphatic rings. The molecule has 2 rings (SSSR count). The largest absolute Gasteiger partial charge is 0.396 e. The summed E-state index contributed by atoms with van der Waals surface area (Å²) in [6, 6.07) is 6.30.